The van der Waals surface area contributed by atoms with Gasteiger partial charge in [0.05, 0.1) is 16.1 Å². The van der Waals surface area contributed by atoms with Gasteiger partial charge >= 0.3 is 0 Å². The molecule has 0 radical (unpaired) electrons. The number of para-hydroxylation sites is 2. The van der Waals surface area contributed by atoms with Crippen LogP contribution in [0.25, 0.3) is 16.6 Å². The van der Waals surface area contributed by atoms with E-state index in [-0.39, 0.29) is 17.9 Å². The minimum absolute atomic E-state index is 0.0452. The van der Waals surface area contributed by atoms with Gasteiger partial charge in [-0.05, 0) is 30.3 Å². The summed E-state index contributed by atoms with van der Waals surface area (Å²) in [4.78, 5) is 4.41. The van der Waals surface area contributed by atoms with Gasteiger partial charge in [0.1, 0.15) is 24.0 Å². The zero-order valence-corrected chi connectivity index (χ0v) is 14.7. The van der Waals surface area contributed by atoms with Crippen LogP contribution in [0.1, 0.15) is 5.82 Å². The first-order chi connectivity index (χ1) is 12.0. The van der Waals surface area contributed by atoms with E-state index in [4.69, 9.17) is 27.9 Å². The molecule has 0 saturated carbocycles. The monoisotopic (exact) mass is 373 g/mol. The average molecular weight is 374 g/mol. The Bertz CT molecular complexity index is 1020. The van der Waals surface area contributed by atoms with Crippen molar-refractivity contribution in [1.82, 2.24) is 9.55 Å². The third kappa shape index (κ3) is 3.41. The highest BCUT2D eigenvalue weighted by molar-refractivity contribution is 6.35. The van der Waals surface area contributed by atoms with Crippen molar-refractivity contribution in [1.29, 1.82) is 5.26 Å². The summed E-state index contributed by atoms with van der Waals surface area (Å²) in [5.41, 5.74) is 1.64. The summed E-state index contributed by atoms with van der Waals surface area (Å²) in [7, 11) is 1.78. The number of rotatable bonds is 4. The topological polar surface area (TPSA) is 71.1 Å². The molecule has 25 heavy (non-hydrogen) atoms. The van der Waals surface area contributed by atoms with Gasteiger partial charge in [-0.25, -0.2) is 4.98 Å². The molecule has 1 N–H and O–H groups in total. The second-order valence-electron chi connectivity index (χ2n) is 5.28. The van der Waals surface area contributed by atoms with Gasteiger partial charge in [0.25, 0.3) is 0 Å². The lowest BCUT2D eigenvalue weighted by molar-refractivity contribution is 0.272. The van der Waals surface area contributed by atoms with Gasteiger partial charge in [-0.2, -0.15) is 5.26 Å². The Balaban J connectivity index is 1.92. The molecule has 1 heterocycles. The van der Waals surface area contributed by atoms with Crippen LogP contribution in [0.5, 0.6) is 5.75 Å². The van der Waals surface area contributed by atoms with E-state index in [0.717, 1.165) is 11.0 Å². The Morgan fingerprint density at radius 3 is 2.72 bits per heavy atom. The minimum atomic E-state index is -0.230. The molecule has 0 aliphatic carbocycles. The molecular formula is C18H13Cl2N3O2. The Hall–Kier alpha value is -2.68. The molecule has 3 rings (SSSR count). The van der Waals surface area contributed by atoms with E-state index in [0.29, 0.717) is 21.6 Å². The number of aromatic nitrogens is 2. The summed E-state index contributed by atoms with van der Waals surface area (Å²) in [6.45, 7) is -0.215. The normalized spacial score (nSPS) is 11.9. The van der Waals surface area contributed by atoms with Crippen LogP contribution >= 0.6 is 23.2 Å². The predicted octanol–water partition coefficient (Wildman–Crippen LogP) is 4.75. The number of fused-ring (bicyclic) bond motifs is 1. The molecule has 126 valence electrons. The van der Waals surface area contributed by atoms with Crippen LogP contribution in [-0.4, -0.2) is 21.3 Å². The Morgan fingerprint density at radius 2 is 2.04 bits per heavy atom. The molecule has 0 spiro atoms. The quantitative estimate of drug-likeness (QED) is 0.528. The maximum absolute atomic E-state index is 10.3. The summed E-state index contributed by atoms with van der Waals surface area (Å²) in [5, 5.41) is 20.6. The highest BCUT2D eigenvalue weighted by Gasteiger charge is 2.17. The second kappa shape index (κ2) is 7.06. The minimum Gasteiger partial charge on any atom is -0.507 e. The molecule has 7 heteroatoms. The number of ether oxygens (including phenoxy) is 1. The predicted molar refractivity (Wildman–Crippen MR) is 97.8 cm³/mol. The van der Waals surface area contributed by atoms with Crippen LogP contribution < -0.4 is 4.74 Å². The van der Waals surface area contributed by atoms with Gasteiger partial charge in [-0.15, -0.1) is 0 Å². The van der Waals surface area contributed by atoms with Crippen molar-refractivity contribution in [2.75, 3.05) is 6.61 Å². The number of benzene rings is 2. The van der Waals surface area contributed by atoms with Crippen molar-refractivity contribution in [3.63, 3.8) is 0 Å². The van der Waals surface area contributed by atoms with Crippen molar-refractivity contribution in [2.24, 2.45) is 7.05 Å². The SMILES string of the molecule is Cn1c(C(C#N)=C(O)COc2ccc(Cl)cc2Cl)nc2ccccc21. The lowest BCUT2D eigenvalue weighted by atomic mass is 10.2. The van der Waals surface area contributed by atoms with Crippen molar-refractivity contribution < 1.29 is 9.84 Å². The number of aryl methyl sites for hydroxylation is 1. The Morgan fingerprint density at radius 1 is 1.28 bits per heavy atom. The first-order valence-corrected chi connectivity index (χ1v) is 8.08. The smallest absolute Gasteiger partial charge is 0.155 e. The van der Waals surface area contributed by atoms with E-state index >= 15 is 0 Å². The highest BCUT2D eigenvalue weighted by atomic mass is 35.5. The van der Waals surface area contributed by atoms with Gasteiger partial charge in [-0.1, -0.05) is 35.3 Å². The van der Waals surface area contributed by atoms with Crippen molar-refractivity contribution in [3.05, 3.63) is 64.1 Å². The number of allylic oxidation sites excluding steroid dienone is 1. The van der Waals surface area contributed by atoms with Crippen LogP contribution in [0.4, 0.5) is 0 Å². The standard InChI is InChI=1S/C18H13Cl2N3O2/c1-23-15-5-3-2-4-14(15)22-18(23)12(9-21)16(24)10-25-17-7-6-11(19)8-13(17)20/h2-8,24H,10H2,1H3. The first kappa shape index (κ1) is 17.2. The first-order valence-electron chi connectivity index (χ1n) is 7.33. The number of nitriles is 1. The summed E-state index contributed by atoms with van der Waals surface area (Å²) < 4.78 is 7.23. The number of imidazole rings is 1. The van der Waals surface area contributed by atoms with Crippen LogP contribution in [0.2, 0.25) is 10.0 Å². The Labute approximate surface area is 154 Å². The fourth-order valence-electron chi connectivity index (χ4n) is 2.42. The molecule has 0 unspecified atom stereocenters. The van der Waals surface area contributed by atoms with Crippen LogP contribution in [-0.2, 0) is 7.05 Å². The second-order valence-corrected chi connectivity index (χ2v) is 6.12. The molecule has 0 aliphatic rings. The van der Waals surface area contributed by atoms with Gasteiger partial charge in [-0.3, -0.25) is 0 Å². The highest BCUT2D eigenvalue weighted by Crippen LogP contribution is 2.28. The maximum atomic E-state index is 10.3. The molecule has 0 aliphatic heterocycles. The number of nitrogens with zero attached hydrogens (tertiary/aromatic N) is 3. The van der Waals surface area contributed by atoms with E-state index < -0.39 is 0 Å². The van der Waals surface area contributed by atoms with E-state index in [1.807, 2.05) is 30.3 Å². The third-order valence-corrected chi connectivity index (χ3v) is 4.20. The molecule has 0 bridgehead atoms. The van der Waals surface area contributed by atoms with E-state index in [2.05, 4.69) is 4.98 Å². The van der Waals surface area contributed by atoms with Crippen LogP contribution in [0.3, 0.4) is 0 Å². The fourth-order valence-corrected chi connectivity index (χ4v) is 2.89. The summed E-state index contributed by atoms with van der Waals surface area (Å²) in [6.07, 6.45) is 0. The van der Waals surface area contributed by atoms with Crippen LogP contribution in [0.15, 0.2) is 48.2 Å². The Kier molecular flexibility index (Phi) is 4.84. The average Bonchev–Trinajstić information content (AvgIpc) is 2.92. The molecule has 1 aromatic heterocycles. The van der Waals surface area contributed by atoms with Crippen molar-refractivity contribution in [2.45, 2.75) is 0 Å². The third-order valence-electron chi connectivity index (χ3n) is 3.67. The molecule has 0 saturated heterocycles. The number of hydrogen-bond donors (Lipinski definition) is 1. The van der Waals surface area contributed by atoms with Crippen molar-refractivity contribution in [3.8, 4) is 11.8 Å². The largest absolute Gasteiger partial charge is 0.507 e. The zero-order valence-electron chi connectivity index (χ0n) is 13.2. The lowest BCUT2D eigenvalue weighted by Gasteiger charge is -2.09. The number of hydrogen-bond acceptors (Lipinski definition) is 4. The van der Waals surface area contributed by atoms with Gasteiger partial charge in [0.15, 0.2) is 11.6 Å². The fraction of sp³-hybridized carbons (Fsp3) is 0.111. The van der Waals surface area contributed by atoms with E-state index in [1.54, 1.807) is 23.7 Å². The molecule has 2 aromatic carbocycles. The molecule has 3 aromatic rings. The zero-order chi connectivity index (χ0) is 18.0. The summed E-state index contributed by atoms with van der Waals surface area (Å²) >= 11 is 11.9. The molecule has 0 amide bonds. The summed E-state index contributed by atoms with van der Waals surface area (Å²) in [6, 6.07) is 14.2. The molecule has 0 atom stereocenters. The maximum Gasteiger partial charge on any atom is 0.155 e. The van der Waals surface area contributed by atoms with Crippen LogP contribution in [0, 0.1) is 11.3 Å². The summed E-state index contributed by atoms with van der Waals surface area (Å²) in [5.74, 6) is 0.499. The molecule has 0 fully saturated rings. The van der Waals surface area contributed by atoms with E-state index in [1.165, 1.54) is 6.07 Å². The molecule has 5 nitrogen and oxygen atoms in total. The lowest BCUT2D eigenvalue weighted by Crippen LogP contribution is -2.06. The number of aliphatic hydroxyl groups is 1. The van der Waals surface area contributed by atoms with Gasteiger partial charge < -0.3 is 14.4 Å². The van der Waals surface area contributed by atoms with E-state index in [9.17, 15) is 10.4 Å². The van der Waals surface area contributed by atoms with Crippen molar-refractivity contribution >= 4 is 39.8 Å². The molecular weight excluding hydrogens is 361 g/mol. The van der Waals surface area contributed by atoms with Gasteiger partial charge in [0, 0.05) is 12.1 Å². The number of halogens is 2. The van der Waals surface area contributed by atoms with Gasteiger partial charge in [0.2, 0.25) is 0 Å². The number of aliphatic hydroxyl groups excluding tert-OH is 1.